The first kappa shape index (κ1) is 9.93. The Kier molecular flexibility index (Phi) is 3.03. The van der Waals surface area contributed by atoms with Crippen LogP contribution in [-0.4, -0.2) is 30.8 Å². The van der Waals surface area contributed by atoms with Gasteiger partial charge in [-0.2, -0.15) is 0 Å². The molecule has 1 saturated heterocycles. The maximum absolute atomic E-state index is 5.60. The Morgan fingerprint density at radius 1 is 1.71 bits per heavy atom. The Balaban J connectivity index is 1.95. The van der Waals surface area contributed by atoms with Crippen LogP contribution in [0.2, 0.25) is 0 Å². The molecule has 0 unspecified atom stereocenters. The van der Waals surface area contributed by atoms with Crippen LogP contribution in [0.5, 0.6) is 0 Å². The van der Waals surface area contributed by atoms with E-state index < -0.39 is 0 Å². The lowest BCUT2D eigenvalue weighted by molar-refractivity contribution is 0.0787. The average molecular weight is 212 g/mol. The fourth-order valence-electron chi connectivity index (χ4n) is 1.76. The number of ether oxygens (including phenoxy) is 1. The van der Waals surface area contributed by atoms with E-state index in [1.165, 1.54) is 0 Å². The Bertz CT molecular complexity index is 300. The Labute approximate surface area is 88.7 Å². The third kappa shape index (κ3) is 2.07. The maximum Gasteiger partial charge on any atom is 0.185 e. The molecule has 4 heteroatoms. The summed E-state index contributed by atoms with van der Waals surface area (Å²) >= 11 is 1.73. The highest BCUT2D eigenvalue weighted by Gasteiger charge is 2.24. The van der Waals surface area contributed by atoms with Crippen molar-refractivity contribution in [3.05, 3.63) is 11.1 Å². The molecule has 1 aromatic heterocycles. The molecule has 14 heavy (non-hydrogen) atoms. The summed E-state index contributed by atoms with van der Waals surface area (Å²) in [6.45, 7) is 6.99. The van der Waals surface area contributed by atoms with E-state index in [1.54, 1.807) is 11.3 Å². The second-order valence-corrected chi connectivity index (χ2v) is 4.42. The van der Waals surface area contributed by atoms with Gasteiger partial charge in [-0.15, -0.1) is 11.3 Å². The summed E-state index contributed by atoms with van der Waals surface area (Å²) in [4.78, 5) is 6.79. The first-order valence-electron chi connectivity index (χ1n) is 5.08. The molecule has 0 bridgehead atoms. The van der Waals surface area contributed by atoms with Gasteiger partial charge < -0.3 is 9.64 Å². The third-order valence-electron chi connectivity index (χ3n) is 2.42. The summed E-state index contributed by atoms with van der Waals surface area (Å²) in [5.74, 6) is 0. The first-order chi connectivity index (χ1) is 6.79. The van der Waals surface area contributed by atoms with Crippen LogP contribution in [0.4, 0.5) is 5.13 Å². The fraction of sp³-hybridized carbons (Fsp3) is 0.700. The minimum atomic E-state index is 0.407. The van der Waals surface area contributed by atoms with Crippen LogP contribution in [0, 0.1) is 6.92 Å². The first-order valence-corrected chi connectivity index (χ1v) is 5.96. The monoisotopic (exact) mass is 212 g/mol. The Morgan fingerprint density at radius 2 is 2.57 bits per heavy atom. The van der Waals surface area contributed by atoms with Crippen LogP contribution in [0.3, 0.4) is 0 Å². The van der Waals surface area contributed by atoms with Crippen molar-refractivity contribution in [2.45, 2.75) is 26.4 Å². The van der Waals surface area contributed by atoms with Crippen molar-refractivity contribution in [1.82, 2.24) is 4.98 Å². The van der Waals surface area contributed by atoms with Gasteiger partial charge in [-0.3, -0.25) is 0 Å². The van der Waals surface area contributed by atoms with Gasteiger partial charge in [0.2, 0.25) is 0 Å². The number of anilines is 1. The van der Waals surface area contributed by atoms with Crippen molar-refractivity contribution in [2.24, 2.45) is 0 Å². The Morgan fingerprint density at radius 3 is 3.21 bits per heavy atom. The molecule has 0 spiro atoms. The summed E-state index contributed by atoms with van der Waals surface area (Å²) in [5.41, 5.74) is 1.12. The highest BCUT2D eigenvalue weighted by molar-refractivity contribution is 7.13. The lowest BCUT2D eigenvalue weighted by Crippen LogP contribution is -2.22. The van der Waals surface area contributed by atoms with Crippen molar-refractivity contribution in [3.63, 3.8) is 0 Å². The molecular weight excluding hydrogens is 196 g/mol. The quantitative estimate of drug-likeness (QED) is 0.767. The van der Waals surface area contributed by atoms with E-state index in [4.69, 9.17) is 4.74 Å². The van der Waals surface area contributed by atoms with Gasteiger partial charge in [0.25, 0.3) is 0 Å². The van der Waals surface area contributed by atoms with Gasteiger partial charge >= 0.3 is 0 Å². The van der Waals surface area contributed by atoms with E-state index in [9.17, 15) is 0 Å². The van der Waals surface area contributed by atoms with E-state index in [0.29, 0.717) is 6.10 Å². The predicted octanol–water partition coefficient (Wildman–Crippen LogP) is 2.07. The summed E-state index contributed by atoms with van der Waals surface area (Å²) in [7, 11) is 0. The number of nitrogens with zero attached hydrogens (tertiary/aromatic N) is 2. The van der Waals surface area contributed by atoms with Crippen LogP contribution in [-0.2, 0) is 4.74 Å². The smallest absolute Gasteiger partial charge is 0.185 e. The second kappa shape index (κ2) is 4.28. The predicted molar refractivity (Wildman–Crippen MR) is 59.1 cm³/mol. The molecule has 0 amide bonds. The van der Waals surface area contributed by atoms with Crippen LogP contribution < -0.4 is 4.90 Å². The van der Waals surface area contributed by atoms with Gasteiger partial charge in [0, 0.05) is 25.1 Å². The standard InChI is InChI=1S/C10H16N2OS/c1-3-13-9-4-5-12(6-9)10-11-8(2)7-14-10/h7,9H,3-6H2,1-2H3/t9-/m1/s1. The molecule has 1 fully saturated rings. The number of thiazole rings is 1. The van der Waals surface area contributed by atoms with Crippen LogP contribution in [0.25, 0.3) is 0 Å². The average Bonchev–Trinajstić information content (AvgIpc) is 2.74. The summed E-state index contributed by atoms with van der Waals surface area (Å²) < 4.78 is 5.60. The molecular formula is C10H16N2OS. The molecule has 0 aliphatic carbocycles. The van der Waals surface area contributed by atoms with Gasteiger partial charge in [-0.1, -0.05) is 0 Å². The second-order valence-electron chi connectivity index (χ2n) is 3.58. The number of hydrogen-bond donors (Lipinski definition) is 0. The SMILES string of the molecule is CCO[C@@H]1CCN(c2nc(C)cs2)C1. The zero-order valence-electron chi connectivity index (χ0n) is 8.69. The lowest BCUT2D eigenvalue weighted by atomic mass is 10.3. The molecule has 1 aliphatic rings. The van der Waals surface area contributed by atoms with Crippen molar-refractivity contribution in [2.75, 3.05) is 24.6 Å². The van der Waals surface area contributed by atoms with Crippen molar-refractivity contribution >= 4 is 16.5 Å². The third-order valence-corrected chi connectivity index (χ3v) is 3.44. The molecule has 3 nitrogen and oxygen atoms in total. The zero-order chi connectivity index (χ0) is 9.97. The fourth-order valence-corrected chi connectivity index (χ4v) is 2.60. The molecule has 0 N–H and O–H groups in total. The maximum atomic E-state index is 5.60. The van der Waals surface area contributed by atoms with E-state index in [0.717, 1.165) is 36.9 Å². The zero-order valence-corrected chi connectivity index (χ0v) is 9.51. The van der Waals surface area contributed by atoms with Crippen molar-refractivity contribution < 1.29 is 4.74 Å². The molecule has 78 valence electrons. The number of rotatable bonds is 3. The van der Waals surface area contributed by atoms with Gasteiger partial charge in [-0.25, -0.2) is 4.98 Å². The van der Waals surface area contributed by atoms with Crippen LogP contribution >= 0.6 is 11.3 Å². The van der Waals surface area contributed by atoms with E-state index >= 15 is 0 Å². The largest absolute Gasteiger partial charge is 0.377 e. The molecule has 2 heterocycles. The van der Waals surface area contributed by atoms with Crippen molar-refractivity contribution in [1.29, 1.82) is 0 Å². The molecule has 0 radical (unpaired) electrons. The number of aromatic nitrogens is 1. The van der Waals surface area contributed by atoms with Gasteiger partial charge in [0.15, 0.2) is 5.13 Å². The minimum absolute atomic E-state index is 0.407. The summed E-state index contributed by atoms with van der Waals surface area (Å²) in [5, 5.41) is 3.24. The van der Waals surface area contributed by atoms with Crippen LogP contribution in [0.15, 0.2) is 5.38 Å². The van der Waals surface area contributed by atoms with E-state index in [1.807, 2.05) is 6.92 Å². The molecule has 0 saturated carbocycles. The Hall–Kier alpha value is -0.610. The minimum Gasteiger partial charge on any atom is -0.377 e. The van der Waals surface area contributed by atoms with Gasteiger partial charge in [0.1, 0.15) is 0 Å². The lowest BCUT2D eigenvalue weighted by Gasteiger charge is -2.14. The van der Waals surface area contributed by atoms with Crippen LogP contribution in [0.1, 0.15) is 19.0 Å². The van der Waals surface area contributed by atoms with Gasteiger partial charge in [-0.05, 0) is 20.3 Å². The van der Waals surface area contributed by atoms with E-state index in [-0.39, 0.29) is 0 Å². The molecule has 1 atom stereocenters. The summed E-state index contributed by atoms with van der Waals surface area (Å²) in [6, 6.07) is 0. The van der Waals surface area contributed by atoms with Crippen molar-refractivity contribution in [3.8, 4) is 0 Å². The highest BCUT2D eigenvalue weighted by atomic mass is 32.1. The summed E-state index contributed by atoms with van der Waals surface area (Å²) in [6.07, 6.45) is 1.54. The van der Waals surface area contributed by atoms with Gasteiger partial charge in [0.05, 0.1) is 11.8 Å². The molecule has 1 aliphatic heterocycles. The molecule has 0 aromatic carbocycles. The van der Waals surface area contributed by atoms with E-state index in [2.05, 4.69) is 22.2 Å². The number of hydrogen-bond acceptors (Lipinski definition) is 4. The highest BCUT2D eigenvalue weighted by Crippen LogP contribution is 2.25. The topological polar surface area (TPSA) is 25.4 Å². The number of aryl methyl sites for hydroxylation is 1. The normalized spacial score (nSPS) is 21.9. The molecule has 1 aromatic rings. The molecule has 2 rings (SSSR count).